The maximum absolute atomic E-state index is 9.54. The van der Waals surface area contributed by atoms with Crippen LogP contribution in [0.2, 0.25) is 0 Å². The second-order valence-electron chi connectivity index (χ2n) is 11.6. The highest BCUT2D eigenvalue weighted by atomic mass is 16.3. The number of rotatable bonds is 4. The Balaban J connectivity index is 1.35. The second kappa shape index (κ2) is 11.1. The van der Waals surface area contributed by atoms with Gasteiger partial charge in [0.05, 0.1) is 21.9 Å². The molecule has 0 amide bonds. The SMILES string of the molecule is [2H]c1c([2H])c([2H])c(-c2cc(-c3c4ccccc4c(-c4c([2H])c([2H])c([2H])c5oc6c([2H])c(-c7c([2H])c([2H])c([2H])c([2H])c7[2H])c([2H])c([2H])c6c45)c4ccccc34)c3ccccc3c2)c([2H])c1[2H]. The topological polar surface area (TPSA) is 13.1 Å². The van der Waals surface area contributed by atoms with Crippen LogP contribution in [-0.2, 0) is 0 Å². The van der Waals surface area contributed by atoms with Crippen LogP contribution in [0.25, 0.3) is 98.8 Å². The molecule has 0 radical (unpaired) electrons. The molecule has 10 rings (SSSR count). The summed E-state index contributed by atoms with van der Waals surface area (Å²) in [6.07, 6.45) is 0. The lowest BCUT2D eigenvalue weighted by molar-refractivity contribution is 0.669. The Kier molecular flexibility index (Phi) is 3.64. The standard InChI is InChI=1S/C48H30O/c1-3-14-31(15-4-1)33-26-27-41-45(30-33)49-44-25-13-24-42(48(41)44)46-37-20-9-11-22-39(37)47(40-23-12-10-21-38(40)46)43-29-35(32-16-5-2-6-17-32)28-34-18-7-8-19-36(34)43/h1-30H/i1D,2D,3D,4D,5D,6D,13D,14D,15D,16D,17D,24D,25D,26D,27D,30D. The van der Waals surface area contributed by atoms with E-state index in [9.17, 15) is 5.48 Å². The van der Waals surface area contributed by atoms with Crippen molar-refractivity contribution in [3.8, 4) is 44.5 Å². The first-order valence-electron chi connectivity index (χ1n) is 23.5. The Labute approximate surface area is 306 Å². The summed E-state index contributed by atoms with van der Waals surface area (Å²) in [6.45, 7) is 0. The lowest BCUT2D eigenvalue weighted by atomic mass is 9.83. The molecule has 1 heterocycles. The van der Waals surface area contributed by atoms with Gasteiger partial charge in [-0.3, -0.25) is 0 Å². The molecule has 10 aromatic rings. The van der Waals surface area contributed by atoms with Crippen LogP contribution in [0.3, 0.4) is 0 Å². The van der Waals surface area contributed by atoms with Crippen LogP contribution in [-0.4, -0.2) is 0 Å². The van der Waals surface area contributed by atoms with Gasteiger partial charge >= 0.3 is 0 Å². The third-order valence-corrected chi connectivity index (χ3v) is 8.92. The molecule has 0 bridgehead atoms. The van der Waals surface area contributed by atoms with Gasteiger partial charge in [-0.1, -0.05) is 151 Å². The summed E-state index contributed by atoms with van der Waals surface area (Å²) in [6, 6.07) is 17.1. The fraction of sp³-hybridized carbons (Fsp3) is 0. The highest BCUT2D eigenvalue weighted by Gasteiger charge is 2.21. The fourth-order valence-corrected chi connectivity index (χ4v) is 6.88. The van der Waals surface area contributed by atoms with Crippen LogP contribution in [0, 0.1) is 0 Å². The molecule has 0 N–H and O–H groups in total. The monoisotopic (exact) mass is 638 g/mol. The molecule has 0 saturated heterocycles. The van der Waals surface area contributed by atoms with Gasteiger partial charge in [-0.2, -0.15) is 0 Å². The van der Waals surface area contributed by atoms with Gasteiger partial charge in [0.25, 0.3) is 0 Å². The highest BCUT2D eigenvalue weighted by Crippen LogP contribution is 2.48. The fourth-order valence-electron chi connectivity index (χ4n) is 6.88. The van der Waals surface area contributed by atoms with Gasteiger partial charge in [-0.05, 0) is 107 Å². The molecule has 1 heteroatoms. The van der Waals surface area contributed by atoms with E-state index in [4.69, 9.17) is 20.9 Å². The molecule has 0 fully saturated rings. The van der Waals surface area contributed by atoms with Crippen molar-refractivity contribution in [1.82, 2.24) is 0 Å². The van der Waals surface area contributed by atoms with Crippen LogP contribution >= 0.6 is 0 Å². The zero-order chi connectivity index (χ0) is 46.2. The number of hydrogen-bond acceptors (Lipinski definition) is 1. The number of furan rings is 1. The summed E-state index contributed by atoms with van der Waals surface area (Å²) in [5, 5.41) is 3.87. The molecular weight excluding hydrogens is 593 g/mol. The van der Waals surface area contributed by atoms with Gasteiger partial charge in [-0.15, -0.1) is 0 Å². The lowest BCUT2D eigenvalue weighted by Gasteiger charge is -2.20. The molecule has 9 aromatic carbocycles. The molecule has 49 heavy (non-hydrogen) atoms. The zero-order valence-electron chi connectivity index (χ0n) is 41.5. The van der Waals surface area contributed by atoms with Crippen molar-refractivity contribution in [2.45, 2.75) is 0 Å². The molecule has 1 aromatic heterocycles. The maximum atomic E-state index is 9.54. The lowest BCUT2D eigenvalue weighted by Crippen LogP contribution is -1.93. The van der Waals surface area contributed by atoms with E-state index in [1.165, 1.54) is 0 Å². The molecule has 228 valence electrons. The summed E-state index contributed by atoms with van der Waals surface area (Å²) in [4.78, 5) is 0. The first-order chi connectivity index (χ1) is 31.0. The van der Waals surface area contributed by atoms with E-state index in [-0.39, 0.29) is 45.2 Å². The van der Waals surface area contributed by atoms with E-state index in [0.29, 0.717) is 43.8 Å². The van der Waals surface area contributed by atoms with Gasteiger partial charge in [0.15, 0.2) is 0 Å². The summed E-state index contributed by atoms with van der Waals surface area (Å²) < 4.78 is 146. The minimum Gasteiger partial charge on any atom is -0.456 e. The van der Waals surface area contributed by atoms with E-state index in [2.05, 4.69) is 0 Å². The van der Waals surface area contributed by atoms with Gasteiger partial charge < -0.3 is 4.42 Å². The van der Waals surface area contributed by atoms with Gasteiger partial charge in [-0.25, -0.2) is 0 Å². The Morgan fingerprint density at radius 1 is 0.388 bits per heavy atom. The number of fused-ring (bicyclic) bond motifs is 6. The molecule has 0 aliphatic carbocycles. The summed E-state index contributed by atoms with van der Waals surface area (Å²) in [5.41, 5.74) is 0.818. The van der Waals surface area contributed by atoms with Crippen LogP contribution in [0.15, 0.2) is 186 Å². The molecule has 0 spiro atoms. The van der Waals surface area contributed by atoms with E-state index in [0.717, 1.165) is 10.8 Å². The quantitative estimate of drug-likeness (QED) is 0.175. The Bertz CT molecular complexity index is 3680. The number of hydrogen-bond donors (Lipinski definition) is 0. The molecular formula is C48H30O. The first kappa shape index (κ1) is 16.1. The average Bonchev–Trinajstić information content (AvgIpc) is 3.71. The van der Waals surface area contributed by atoms with Crippen LogP contribution in [0.1, 0.15) is 21.9 Å². The average molecular weight is 639 g/mol. The molecule has 0 aliphatic rings. The van der Waals surface area contributed by atoms with Gasteiger partial charge in [0.1, 0.15) is 11.2 Å². The number of benzene rings is 9. The van der Waals surface area contributed by atoms with Crippen LogP contribution in [0.4, 0.5) is 0 Å². The van der Waals surface area contributed by atoms with Crippen molar-refractivity contribution in [1.29, 1.82) is 0 Å². The third kappa shape index (κ3) is 4.40. The van der Waals surface area contributed by atoms with E-state index >= 15 is 0 Å². The molecule has 0 saturated carbocycles. The Morgan fingerprint density at radius 3 is 1.61 bits per heavy atom. The van der Waals surface area contributed by atoms with Gasteiger partial charge in [0, 0.05) is 10.8 Å². The Hall–Kier alpha value is -6.44. The van der Waals surface area contributed by atoms with Crippen molar-refractivity contribution in [3.05, 3.63) is 182 Å². The van der Waals surface area contributed by atoms with Gasteiger partial charge in [0.2, 0.25) is 0 Å². The molecule has 0 unspecified atom stereocenters. The highest BCUT2D eigenvalue weighted by molar-refractivity contribution is 6.27. The van der Waals surface area contributed by atoms with E-state index < -0.39 is 95.7 Å². The normalized spacial score (nSPS) is 16.2. The zero-order valence-corrected chi connectivity index (χ0v) is 25.5. The largest absolute Gasteiger partial charge is 0.456 e. The van der Waals surface area contributed by atoms with Crippen molar-refractivity contribution < 1.29 is 26.3 Å². The smallest absolute Gasteiger partial charge is 0.136 e. The molecule has 0 aliphatic heterocycles. The summed E-state index contributed by atoms with van der Waals surface area (Å²) in [7, 11) is 0. The minimum absolute atomic E-state index is 0.0160. The summed E-state index contributed by atoms with van der Waals surface area (Å²) >= 11 is 0. The minimum atomic E-state index is -0.694. The molecule has 0 atom stereocenters. The predicted octanol–water partition coefficient (Wildman–Crippen LogP) is 13.7. The van der Waals surface area contributed by atoms with Crippen LogP contribution < -0.4 is 0 Å². The first-order valence-corrected chi connectivity index (χ1v) is 15.5. The maximum Gasteiger partial charge on any atom is 0.136 e. The Morgan fingerprint density at radius 2 is 0.959 bits per heavy atom. The molecule has 1 nitrogen and oxygen atoms in total. The van der Waals surface area contributed by atoms with E-state index in [1.54, 1.807) is 18.2 Å². The second-order valence-corrected chi connectivity index (χ2v) is 11.6. The van der Waals surface area contributed by atoms with Crippen LogP contribution in [0.5, 0.6) is 0 Å². The predicted molar refractivity (Wildman–Crippen MR) is 208 cm³/mol. The van der Waals surface area contributed by atoms with Crippen molar-refractivity contribution >= 4 is 54.3 Å². The van der Waals surface area contributed by atoms with Crippen molar-refractivity contribution in [2.75, 3.05) is 0 Å². The summed E-state index contributed by atoms with van der Waals surface area (Å²) in [5.74, 6) is 0. The van der Waals surface area contributed by atoms with Crippen molar-refractivity contribution in [2.24, 2.45) is 0 Å². The third-order valence-electron chi connectivity index (χ3n) is 8.92. The van der Waals surface area contributed by atoms with E-state index in [1.807, 2.05) is 66.7 Å². The van der Waals surface area contributed by atoms with Crippen molar-refractivity contribution in [3.63, 3.8) is 0 Å².